The van der Waals surface area contributed by atoms with E-state index in [1.165, 1.54) is 29.2 Å². The fraction of sp³-hybridized carbons (Fsp3) is 0.412. The van der Waals surface area contributed by atoms with Crippen molar-refractivity contribution in [3.8, 4) is 0 Å². The van der Waals surface area contributed by atoms with E-state index in [1.54, 1.807) is 0 Å². The molecule has 0 aromatic heterocycles. The molecule has 0 bridgehead atoms. The fourth-order valence-electron chi connectivity index (χ4n) is 2.96. The van der Waals surface area contributed by atoms with E-state index in [0.717, 1.165) is 19.4 Å². The van der Waals surface area contributed by atoms with Crippen molar-refractivity contribution < 1.29 is 4.74 Å². The van der Waals surface area contributed by atoms with E-state index in [1.807, 2.05) is 0 Å². The van der Waals surface area contributed by atoms with E-state index in [4.69, 9.17) is 10.5 Å². The number of ether oxygens (including phenoxy) is 1. The molecule has 100 valence electrons. The van der Waals surface area contributed by atoms with E-state index in [-0.39, 0.29) is 12.1 Å². The Hall–Kier alpha value is -1.38. The van der Waals surface area contributed by atoms with Crippen LogP contribution in [0.3, 0.4) is 0 Å². The van der Waals surface area contributed by atoms with Gasteiger partial charge < -0.3 is 10.5 Å². The summed E-state index contributed by atoms with van der Waals surface area (Å²) in [5.74, 6) is 0. The highest BCUT2D eigenvalue weighted by atomic mass is 16.5. The lowest BCUT2D eigenvalue weighted by Gasteiger charge is -2.28. The van der Waals surface area contributed by atoms with Crippen LogP contribution in [-0.4, -0.2) is 18.8 Å². The van der Waals surface area contributed by atoms with E-state index >= 15 is 0 Å². The fourth-order valence-corrected chi connectivity index (χ4v) is 2.96. The van der Waals surface area contributed by atoms with Crippen LogP contribution in [-0.2, 0) is 11.2 Å². The molecule has 0 spiro atoms. The molecule has 2 unspecified atom stereocenters. The highest BCUT2D eigenvalue weighted by Gasteiger charge is 2.21. The van der Waals surface area contributed by atoms with Gasteiger partial charge in [-0.1, -0.05) is 42.5 Å². The lowest BCUT2D eigenvalue weighted by Crippen LogP contribution is -2.40. The van der Waals surface area contributed by atoms with Crippen molar-refractivity contribution in [2.45, 2.75) is 37.8 Å². The van der Waals surface area contributed by atoms with E-state index < -0.39 is 0 Å². The minimum Gasteiger partial charge on any atom is -0.377 e. The largest absolute Gasteiger partial charge is 0.377 e. The molecule has 0 radical (unpaired) electrons. The number of nitrogens with two attached hydrogens (primary N) is 1. The number of rotatable bonds is 3. The van der Waals surface area contributed by atoms with Crippen LogP contribution < -0.4 is 5.73 Å². The normalized spacial score (nSPS) is 21.4. The van der Waals surface area contributed by atoms with Crippen LogP contribution in [0.5, 0.6) is 0 Å². The summed E-state index contributed by atoms with van der Waals surface area (Å²) in [6, 6.07) is 15.1. The first-order chi connectivity index (χ1) is 9.34. The maximum Gasteiger partial charge on any atom is 0.0729 e. The Labute approximate surface area is 114 Å². The van der Waals surface area contributed by atoms with Crippen LogP contribution in [0.15, 0.2) is 42.5 Å². The molecule has 2 nitrogen and oxygen atoms in total. The molecule has 0 amide bonds. The van der Waals surface area contributed by atoms with Crippen molar-refractivity contribution in [3.05, 3.63) is 48.0 Å². The minimum atomic E-state index is 0.103. The minimum absolute atomic E-state index is 0.103. The van der Waals surface area contributed by atoms with Gasteiger partial charge in [0.15, 0.2) is 0 Å². The summed E-state index contributed by atoms with van der Waals surface area (Å²) in [6.45, 7) is 0.869. The van der Waals surface area contributed by atoms with Gasteiger partial charge in [0, 0.05) is 12.6 Å². The molecule has 2 aromatic carbocycles. The van der Waals surface area contributed by atoms with Gasteiger partial charge in [-0.2, -0.15) is 0 Å². The van der Waals surface area contributed by atoms with Crippen molar-refractivity contribution in [1.82, 2.24) is 0 Å². The first-order valence-corrected chi connectivity index (χ1v) is 7.18. The van der Waals surface area contributed by atoms with Crippen molar-refractivity contribution >= 4 is 10.8 Å². The third kappa shape index (κ3) is 2.80. The molecule has 2 N–H and O–H groups in total. The second kappa shape index (κ2) is 5.72. The molecule has 0 aliphatic carbocycles. The molecule has 2 heteroatoms. The van der Waals surface area contributed by atoms with Crippen LogP contribution in [0, 0.1) is 0 Å². The summed E-state index contributed by atoms with van der Waals surface area (Å²) in [7, 11) is 0. The van der Waals surface area contributed by atoms with Crippen molar-refractivity contribution in [3.63, 3.8) is 0 Å². The zero-order chi connectivity index (χ0) is 13.1. The predicted molar refractivity (Wildman–Crippen MR) is 79.2 cm³/mol. The Morgan fingerprint density at radius 2 is 1.95 bits per heavy atom. The summed E-state index contributed by atoms with van der Waals surface area (Å²) in [5, 5.41) is 2.60. The number of benzene rings is 2. The average molecular weight is 255 g/mol. The zero-order valence-corrected chi connectivity index (χ0v) is 11.2. The molecule has 2 aromatic rings. The first kappa shape index (κ1) is 12.6. The van der Waals surface area contributed by atoms with E-state index in [9.17, 15) is 0 Å². The summed E-state index contributed by atoms with van der Waals surface area (Å²) in [4.78, 5) is 0. The average Bonchev–Trinajstić information content (AvgIpc) is 2.48. The van der Waals surface area contributed by atoms with Crippen molar-refractivity contribution in [2.75, 3.05) is 6.61 Å². The third-order valence-electron chi connectivity index (χ3n) is 4.03. The molecule has 19 heavy (non-hydrogen) atoms. The quantitative estimate of drug-likeness (QED) is 0.913. The van der Waals surface area contributed by atoms with Gasteiger partial charge in [-0.15, -0.1) is 0 Å². The second-order valence-corrected chi connectivity index (χ2v) is 5.41. The standard InChI is InChI=1S/C17H21NO/c18-16(17-10-3-4-11-19-17)12-14-8-5-7-13-6-1-2-9-15(13)14/h1-2,5-9,16-17H,3-4,10-12,18H2. The van der Waals surface area contributed by atoms with Crippen LogP contribution in [0.4, 0.5) is 0 Å². The van der Waals surface area contributed by atoms with Gasteiger partial charge in [0.25, 0.3) is 0 Å². The van der Waals surface area contributed by atoms with Crippen LogP contribution in [0.2, 0.25) is 0 Å². The Balaban J connectivity index is 1.80. The highest BCUT2D eigenvalue weighted by Crippen LogP contribution is 2.22. The van der Waals surface area contributed by atoms with Crippen LogP contribution in [0.25, 0.3) is 10.8 Å². The molecule has 2 atom stereocenters. The number of hydrogen-bond acceptors (Lipinski definition) is 2. The summed E-state index contributed by atoms with van der Waals surface area (Å²) in [6.07, 6.45) is 4.65. The highest BCUT2D eigenvalue weighted by molar-refractivity contribution is 5.85. The molecular formula is C17H21NO. The van der Waals surface area contributed by atoms with E-state index in [2.05, 4.69) is 42.5 Å². The Morgan fingerprint density at radius 1 is 1.11 bits per heavy atom. The van der Waals surface area contributed by atoms with Gasteiger partial charge in [0.05, 0.1) is 6.10 Å². The van der Waals surface area contributed by atoms with Crippen LogP contribution in [0.1, 0.15) is 24.8 Å². The van der Waals surface area contributed by atoms with Gasteiger partial charge >= 0.3 is 0 Å². The van der Waals surface area contributed by atoms with Gasteiger partial charge in [0.2, 0.25) is 0 Å². The maximum absolute atomic E-state index is 6.35. The summed E-state index contributed by atoms with van der Waals surface area (Å²) in [5.41, 5.74) is 7.68. The van der Waals surface area contributed by atoms with Gasteiger partial charge in [-0.25, -0.2) is 0 Å². The Kier molecular flexibility index (Phi) is 3.81. The molecule has 1 fully saturated rings. The zero-order valence-electron chi connectivity index (χ0n) is 11.2. The van der Waals surface area contributed by atoms with Gasteiger partial charge in [-0.3, -0.25) is 0 Å². The topological polar surface area (TPSA) is 35.2 Å². The Morgan fingerprint density at radius 3 is 2.79 bits per heavy atom. The number of hydrogen-bond donors (Lipinski definition) is 1. The van der Waals surface area contributed by atoms with Crippen LogP contribution >= 0.6 is 0 Å². The molecule has 1 heterocycles. The van der Waals surface area contributed by atoms with Crippen molar-refractivity contribution in [1.29, 1.82) is 0 Å². The maximum atomic E-state index is 6.35. The predicted octanol–water partition coefficient (Wildman–Crippen LogP) is 3.28. The lowest BCUT2D eigenvalue weighted by atomic mass is 9.94. The molecule has 0 saturated carbocycles. The molecule has 1 saturated heterocycles. The SMILES string of the molecule is NC(Cc1cccc2ccccc12)C1CCCCO1. The van der Waals surface area contributed by atoms with Gasteiger partial charge in [0.1, 0.15) is 0 Å². The molecule has 1 aliphatic rings. The monoisotopic (exact) mass is 255 g/mol. The smallest absolute Gasteiger partial charge is 0.0729 e. The Bertz CT molecular complexity index is 540. The van der Waals surface area contributed by atoms with E-state index in [0.29, 0.717) is 0 Å². The third-order valence-corrected chi connectivity index (χ3v) is 4.03. The number of fused-ring (bicyclic) bond motifs is 1. The van der Waals surface area contributed by atoms with Gasteiger partial charge in [-0.05, 0) is 42.0 Å². The van der Waals surface area contributed by atoms with Crippen molar-refractivity contribution in [2.24, 2.45) is 5.73 Å². The molecular weight excluding hydrogens is 234 g/mol. The lowest BCUT2D eigenvalue weighted by molar-refractivity contribution is 0.000692. The molecule has 3 rings (SSSR count). The molecule has 1 aliphatic heterocycles. The summed E-state index contributed by atoms with van der Waals surface area (Å²) >= 11 is 0. The first-order valence-electron chi connectivity index (χ1n) is 7.18. The summed E-state index contributed by atoms with van der Waals surface area (Å²) < 4.78 is 5.80. The second-order valence-electron chi connectivity index (χ2n) is 5.41.